The number of ether oxygens (including phenoxy) is 2. The van der Waals surface area contributed by atoms with Crippen molar-refractivity contribution in [1.29, 1.82) is 0 Å². The van der Waals surface area contributed by atoms with E-state index in [0.29, 0.717) is 11.6 Å². The Hall–Kier alpha value is -4.73. The van der Waals surface area contributed by atoms with Gasteiger partial charge in [0.1, 0.15) is 30.1 Å². The van der Waals surface area contributed by atoms with E-state index in [2.05, 4.69) is 5.32 Å². The second kappa shape index (κ2) is 21.9. The number of allylic oxidation sites excluding steroid dienone is 3. The van der Waals surface area contributed by atoms with Gasteiger partial charge in [0.05, 0.1) is 12.3 Å². The molecular weight excluding hydrogens is 993 g/mol. The molecule has 0 heterocycles. The first-order valence-electron chi connectivity index (χ1n) is 19.6. The van der Waals surface area contributed by atoms with Crippen LogP contribution in [0.5, 0.6) is 5.75 Å². The number of hydroxylamine groups is 1. The van der Waals surface area contributed by atoms with E-state index in [0.717, 1.165) is 18.2 Å². The van der Waals surface area contributed by atoms with E-state index in [1.807, 2.05) is 0 Å². The molecule has 2 amide bonds. The quantitative estimate of drug-likeness (QED) is 0.0184. The molecule has 0 spiro atoms. The van der Waals surface area contributed by atoms with Crippen molar-refractivity contribution in [3.63, 3.8) is 0 Å². The number of amides is 2. The minimum Gasteiger partial charge on any atom is -0.491 e. The fourth-order valence-electron chi connectivity index (χ4n) is 6.53. The van der Waals surface area contributed by atoms with Crippen LogP contribution < -0.4 is 15.5 Å². The molecule has 0 aliphatic heterocycles. The van der Waals surface area contributed by atoms with Gasteiger partial charge in [0.2, 0.25) is 0 Å². The standard InChI is InChI=1S/C40H43F19N2O6Si/c1-22(2)68(23(3)4,20-17-33(43,44)34(45,46)35(47,48)36(49,50)37(51,52)38(53,54)39(55,56)40(57,58)59)66-19-18-65-27-14-11-25(12-15-27)31(24(5)9-7-6-8-10-30(62)61-64)67-32(63)60-29-16-13-26(41)21-28(29)42/h6-8,10-16,21-24,31,64H,9,17-20H2,1-5H3,(H,60,63)(H,61,62)/b7-6+,10-8+/t24-,31+/m0/s1. The maximum Gasteiger partial charge on any atom is 0.460 e. The van der Waals surface area contributed by atoms with Gasteiger partial charge in [-0.3, -0.25) is 15.3 Å². The maximum absolute atomic E-state index is 15.0. The fourth-order valence-corrected chi connectivity index (χ4v) is 11.0. The topological polar surface area (TPSA) is 106 Å². The van der Waals surface area contributed by atoms with Crippen LogP contribution in [0.25, 0.3) is 0 Å². The number of nitrogens with one attached hydrogen (secondary N) is 2. The molecule has 2 atom stereocenters. The van der Waals surface area contributed by atoms with E-state index in [4.69, 9.17) is 19.1 Å². The van der Waals surface area contributed by atoms with Crippen LogP contribution in [-0.4, -0.2) is 86.4 Å². The SMILES string of the molecule is CC(C)[Si](CCC(F)(F)C(F)(F)C(F)(F)C(F)(F)C(F)(F)C(F)(F)C(F)(F)C(F)(F)F)(OCCOc1ccc([C@H](OC(=O)Nc2ccc(F)cc2F)[C@@H](C)C/C=C/C=C/C(=O)NO)cc1)C(C)C. The zero-order valence-electron chi connectivity index (χ0n) is 35.9. The largest absolute Gasteiger partial charge is 0.491 e. The van der Waals surface area contributed by atoms with Crippen molar-refractivity contribution in [2.45, 2.75) is 118 Å². The zero-order valence-corrected chi connectivity index (χ0v) is 36.9. The van der Waals surface area contributed by atoms with Crippen LogP contribution >= 0.6 is 0 Å². The lowest BCUT2D eigenvalue weighted by molar-refractivity contribution is -0.461. The highest BCUT2D eigenvalue weighted by Crippen LogP contribution is 2.64. The van der Waals surface area contributed by atoms with Gasteiger partial charge < -0.3 is 13.9 Å². The Balaban J connectivity index is 2.31. The Morgan fingerprint density at radius 2 is 1.21 bits per heavy atom. The van der Waals surface area contributed by atoms with E-state index in [-0.39, 0.29) is 12.2 Å². The predicted octanol–water partition coefficient (Wildman–Crippen LogP) is 13.5. The Morgan fingerprint density at radius 3 is 1.69 bits per heavy atom. The van der Waals surface area contributed by atoms with Gasteiger partial charge in [-0.1, -0.05) is 65.0 Å². The number of hydrogen-bond donors (Lipinski definition) is 3. The Kier molecular flexibility index (Phi) is 19.1. The number of alkyl halides is 17. The molecule has 28 heteroatoms. The lowest BCUT2D eigenvalue weighted by atomic mass is 9.88. The molecule has 0 bridgehead atoms. The maximum atomic E-state index is 15.0. The van der Waals surface area contributed by atoms with Crippen molar-refractivity contribution in [2.24, 2.45) is 5.92 Å². The van der Waals surface area contributed by atoms with Gasteiger partial charge in [-0.15, -0.1) is 0 Å². The van der Waals surface area contributed by atoms with Crippen LogP contribution in [0.3, 0.4) is 0 Å². The molecular formula is C40H43F19N2O6Si. The van der Waals surface area contributed by atoms with Crippen LogP contribution in [0, 0.1) is 17.6 Å². The number of rotatable bonds is 24. The van der Waals surface area contributed by atoms with Gasteiger partial charge in [0.15, 0.2) is 8.32 Å². The molecule has 0 saturated heterocycles. The van der Waals surface area contributed by atoms with Crippen molar-refractivity contribution in [3.05, 3.63) is 84.0 Å². The van der Waals surface area contributed by atoms with Gasteiger partial charge in [-0.05, 0) is 53.4 Å². The average Bonchev–Trinajstić information content (AvgIpc) is 3.22. The van der Waals surface area contributed by atoms with Crippen molar-refractivity contribution in [1.82, 2.24) is 5.48 Å². The Bertz CT molecular complexity index is 2060. The van der Waals surface area contributed by atoms with Crippen molar-refractivity contribution in [2.75, 3.05) is 18.5 Å². The van der Waals surface area contributed by atoms with Crippen LogP contribution in [-0.2, 0) is 14.0 Å². The average molecular weight is 1040 g/mol. The highest BCUT2D eigenvalue weighted by Gasteiger charge is 2.95. The number of benzene rings is 2. The lowest BCUT2D eigenvalue weighted by Crippen LogP contribution is -2.74. The van der Waals surface area contributed by atoms with Crippen LogP contribution in [0.4, 0.5) is 93.9 Å². The molecule has 0 fully saturated rings. The third kappa shape index (κ3) is 12.3. The van der Waals surface area contributed by atoms with Gasteiger partial charge >= 0.3 is 53.7 Å². The van der Waals surface area contributed by atoms with Crippen LogP contribution in [0.15, 0.2) is 66.8 Å². The van der Waals surface area contributed by atoms with E-state index in [1.54, 1.807) is 13.0 Å². The molecule has 8 nitrogen and oxygen atoms in total. The van der Waals surface area contributed by atoms with E-state index in [1.165, 1.54) is 69.6 Å². The summed E-state index contributed by atoms with van der Waals surface area (Å²) in [6, 6.07) is 6.34. The molecule has 0 radical (unpaired) electrons. The van der Waals surface area contributed by atoms with Crippen LogP contribution in [0.1, 0.15) is 59.1 Å². The summed E-state index contributed by atoms with van der Waals surface area (Å²) in [6.07, 6.45) is -7.35. The van der Waals surface area contributed by atoms with Crippen molar-refractivity contribution < 1.29 is 112 Å². The molecule has 386 valence electrons. The predicted molar refractivity (Wildman–Crippen MR) is 205 cm³/mol. The third-order valence-corrected chi connectivity index (χ3v) is 16.2. The third-order valence-electron chi connectivity index (χ3n) is 10.5. The number of anilines is 1. The Labute approximate surface area is 375 Å². The normalized spacial score (nSPS) is 15.0. The molecule has 0 aromatic heterocycles. The molecule has 68 heavy (non-hydrogen) atoms. The molecule has 0 aliphatic carbocycles. The number of halogens is 19. The first-order chi connectivity index (χ1) is 30.8. The first kappa shape index (κ1) is 59.4. The smallest absolute Gasteiger partial charge is 0.460 e. The zero-order chi connectivity index (χ0) is 52.7. The molecule has 3 N–H and O–H groups in total. The highest BCUT2D eigenvalue weighted by molar-refractivity contribution is 6.76. The minimum atomic E-state index is -8.72. The lowest BCUT2D eigenvalue weighted by Gasteiger charge is -2.44. The molecule has 0 unspecified atom stereocenters. The molecule has 0 aliphatic rings. The summed E-state index contributed by atoms with van der Waals surface area (Å²) in [6.45, 7) is 5.69. The Morgan fingerprint density at radius 1 is 0.691 bits per heavy atom. The summed E-state index contributed by atoms with van der Waals surface area (Å²) < 4.78 is 280. The summed E-state index contributed by atoms with van der Waals surface area (Å²) in [7, 11) is -4.06. The van der Waals surface area contributed by atoms with Gasteiger partial charge in [0, 0.05) is 24.5 Å². The summed E-state index contributed by atoms with van der Waals surface area (Å²) >= 11 is 0. The number of carbonyl (C=O) groups is 2. The second-order valence-corrected chi connectivity index (χ2v) is 20.7. The van der Waals surface area contributed by atoms with Gasteiger partial charge in [-0.25, -0.2) is 19.1 Å². The number of carbonyl (C=O) groups excluding carboxylic acids is 2. The fraction of sp³-hybridized carbons (Fsp3) is 0.550. The molecule has 2 rings (SSSR count). The van der Waals surface area contributed by atoms with Gasteiger partial charge in [0.25, 0.3) is 5.91 Å². The molecule has 2 aromatic rings. The second-order valence-electron chi connectivity index (χ2n) is 15.7. The highest BCUT2D eigenvalue weighted by atomic mass is 28.4. The first-order valence-corrected chi connectivity index (χ1v) is 21.9. The van der Waals surface area contributed by atoms with E-state index < -0.39 is 134 Å². The van der Waals surface area contributed by atoms with E-state index >= 15 is 8.78 Å². The molecule has 2 aromatic carbocycles. The summed E-state index contributed by atoms with van der Waals surface area (Å²) in [5, 5.41) is 10.7. The summed E-state index contributed by atoms with van der Waals surface area (Å²) in [5.74, 6) is -60.5. The summed E-state index contributed by atoms with van der Waals surface area (Å²) in [5.41, 5.74) is -0.619. The monoisotopic (exact) mass is 1040 g/mol. The molecule has 0 saturated carbocycles. The van der Waals surface area contributed by atoms with Crippen molar-refractivity contribution >= 4 is 26.0 Å². The minimum absolute atomic E-state index is 0.0415. The summed E-state index contributed by atoms with van der Waals surface area (Å²) in [4.78, 5) is 24.0. The van der Waals surface area contributed by atoms with Gasteiger partial charge in [-0.2, -0.15) is 74.6 Å². The van der Waals surface area contributed by atoms with Crippen LogP contribution in [0.2, 0.25) is 17.1 Å². The van der Waals surface area contributed by atoms with E-state index in [9.17, 15) is 84.2 Å². The number of hydrogen-bond acceptors (Lipinski definition) is 6. The van der Waals surface area contributed by atoms with Crippen molar-refractivity contribution in [3.8, 4) is 5.75 Å².